The standard InChI is InChI=1S/C14H16BrFN2O3/c1-21-14(20)8-2-4-18(5-3-8)11-7-9(15)6-10(16)12(11)13(17)19/h6-8H,2-5H2,1H3,(H2,17,19). The Hall–Kier alpha value is -1.63. The molecule has 1 aromatic carbocycles. The van der Waals surface area contributed by atoms with E-state index in [0.717, 1.165) is 0 Å². The summed E-state index contributed by atoms with van der Waals surface area (Å²) >= 11 is 3.22. The van der Waals surface area contributed by atoms with Crippen molar-refractivity contribution in [3.63, 3.8) is 0 Å². The Kier molecular flexibility index (Phi) is 4.82. The molecule has 21 heavy (non-hydrogen) atoms. The van der Waals surface area contributed by atoms with E-state index in [2.05, 4.69) is 15.9 Å². The zero-order valence-corrected chi connectivity index (χ0v) is 13.2. The molecule has 1 saturated heterocycles. The van der Waals surface area contributed by atoms with Gasteiger partial charge in [-0.05, 0) is 25.0 Å². The van der Waals surface area contributed by atoms with Gasteiger partial charge in [-0.25, -0.2) is 4.39 Å². The average molecular weight is 359 g/mol. The van der Waals surface area contributed by atoms with Gasteiger partial charge in [-0.1, -0.05) is 15.9 Å². The van der Waals surface area contributed by atoms with Crippen molar-refractivity contribution >= 4 is 33.5 Å². The molecule has 0 spiro atoms. The van der Waals surface area contributed by atoms with Crippen LogP contribution in [0.25, 0.3) is 0 Å². The van der Waals surface area contributed by atoms with Gasteiger partial charge < -0.3 is 15.4 Å². The number of nitrogens with zero attached hydrogens (tertiary/aromatic N) is 1. The molecule has 2 N–H and O–H groups in total. The fraction of sp³-hybridized carbons (Fsp3) is 0.429. The third kappa shape index (κ3) is 3.34. The van der Waals surface area contributed by atoms with Gasteiger partial charge in [-0.2, -0.15) is 0 Å². The predicted molar refractivity (Wildman–Crippen MR) is 79.6 cm³/mol. The van der Waals surface area contributed by atoms with Crippen molar-refractivity contribution in [2.24, 2.45) is 11.7 Å². The molecule has 5 nitrogen and oxygen atoms in total. The minimum Gasteiger partial charge on any atom is -0.469 e. The summed E-state index contributed by atoms with van der Waals surface area (Å²) in [5, 5.41) is 0. The van der Waals surface area contributed by atoms with Crippen LogP contribution in [-0.4, -0.2) is 32.1 Å². The van der Waals surface area contributed by atoms with E-state index in [4.69, 9.17) is 10.5 Å². The monoisotopic (exact) mass is 358 g/mol. The minimum absolute atomic E-state index is 0.116. The molecule has 2 rings (SSSR count). The summed E-state index contributed by atoms with van der Waals surface area (Å²) in [6, 6.07) is 2.88. The van der Waals surface area contributed by atoms with Gasteiger partial charge >= 0.3 is 5.97 Å². The number of rotatable bonds is 3. The summed E-state index contributed by atoms with van der Waals surface area (Å²) in [6.45, 7) is 1.08. The Labute approximate surface area is 130 Å². The number of nitrogens with two attached hydrogens (primary N) is 1. The van der Waals surface area contributed by atoms with Crippen LogP contribution in [0.3, 0.4) is 0 Å². The lowest BCUT2D eigenvalue weighted by Crippen LogP contribution is -2.38. The maximum Gasteiger partial charge on any atom is 0.308 e. The molecule has 114 valence electrons. The number of anilines is 1. The maximum atomic E-state index is 13.9. The van der Waals surface area contributed by atoms with Crippen LogP contribution in [0.15, 0.2) is 16.6 Å². The zero-order valence-electron chi connectivity index (χ0n) is 11.6. The highest BCUT2D eigenvalue weighted by molar-refractivity contribution is 9.10. The first-order valence-corrected chi connectivity index (χ1v) is 7.35. The number of primary amides is 1. The number of benzene rings is 1. The Morgan fingerprint density at radius 1 is 1.38 bits per heavy atom. The van der Waals surface area contributed by atoms with Crippen molar-refractivity contribution in [2.75, 3.05) is 25.1 Å². The first kappa shape index (κ1) is 15.8. The lowest BCUT2D eigenvalue weighted by atomic mass is 9.96. The van der Waals surface area contributed by atoms with Crippen molar-refractivity contribution in [3.05, 3.63) is 28.0 Å². The number of esters is 1. The van der Waals surface area contributed by atoms with Gasteiger partial charge in [0.15, 0.2) is 0 Å². The number of ether oxygens (including phenoxy) is 1. The smallest absolute Gasteiger partial charge is 0.308 e. The lowest BCUT2D eigenvalue weighted by Gasteiger charge is -2.33. The van der Waals surface area contributed by atoms with Crippen molar-refractivity contribution in [2.45, 2.75) is 12.8 Å². The van der Waals surface area contributed by atoms with Crippen LogP contribution in [0, 0.1) is 11.7 Å². The minimum atomic E-state index is -0.801. The molecule has 0 bridgehead atoms. The highest BCUT2D eigenvalue weighted by atomic mass is 79.9. The van der Waals surface area contributed by atoms with Crippen LogP contribution < -0.4 is 10.6 Å². The average Bonchev–Trinajstić information content (AvgIpc) is 2.45. The predicted octanol–water partition coefficient (Wildman–Crippen LogP) is 2.08. The second kappa shape index (κ2) is 6.43. The third-order valence-corrected chi connectivity index (χ3v) is 4.11. The lowest BCUT2D eigenvalue weighted by molar-refractivity contribution is -0.146. The van der Waals surface area contributed by atoms with Crippen LogP contribution in [0.4, 0.5) is 10.1 Å². The number of carbonyl (C=O) groups excluding carboxylic acids is 2. The summed E-state index contributed by atoms with van der Waals surface area (Å²) in [5.41, 5.74) is 5.61. The van der Waals surface area contributed by atoms with Crippen LogP contribution in [0.1, 0.15) is 23.2 Å². The summed E-state index contributed by atoms with van der Waals surface area (Å²) < 4.78 is 19.2. The maximum absolute atomic E-state index is 13.9. The fourth-order valence-corrected chi connectivity index (χ4v) is 2.99. The van der Waals surface area contributed by atoms with Gasteiger partial charge in [0.1, 0.15) is 5.82 Å². The van der Waals surface area contributed by atoms with E-state index in [0.29, 0.717) is 36.1 Å². The zero-order chi connectivity index (χ0) is 15.6. The molecule has 1 aliphatic heterocycles. The van der Waals surface area contributed by atoms with Gasteiger partial charge in [0, 0.05) is 17.6 Å². The number of amides is 1. The van der Waals surface area contributed by atoms with E-state index < -0.39 is 11.7 Å². The van der Waals surface area contributed by atoms with E-state index >= 15 is 0 Å². The van der Waals surface area contributed by atoms with Gasteiger partial charge in [0.05, 0.1) is 24.3 Å². The molecule has 0 unspecified atom stereocenters. The number of piperidine rings is 1. The highest BCUT2D eigenvalue weighted by Crippen LogP contribution is 2.31. The molecular weight excluding hydrogens is 343 g/mol. The Morgan fingerprint density at radius 3 is 2.52 bits per heavy atom. The first-order valence-electron chi connectivity index (χ1n) is 6.55. The molecule has 0 aliphatic carbocycles. The van der Waals surface area contributed by atoms with E-state index in [-0.39, 0.29) is 17.5 Å². The number of carbonyl (C=O) groups is 2. The molecule has 0 radical (unpaired) electrons. The summed E-state index contributed by atoms with van der Waals surface area (Å²) in [7, 11) is 1.36. The summed E-state index contributed by atoms with van der Waals surface area (Å²) in [5.74, 6) is -1.84. The van der Waals surface area contributed by atoms with Crippen molar-refractivity contribution in [3.8, 4) is 0 Å². The second-order valence-corrected chi connectivity index (χ2v) is 5.85. The van der Waals surface area contributed by atoms with Crippen LogP contribution in [0.2, 0.25) is 0 Å². The van der Waals surface area contributed by atoms with Gasteiger partial charge in [0.2, 0.25) is 0 Å². The van der Waals surface area contributed by atoms with Gasteiger partial charge in [-0.3, -0.25) is 9.59 Å². The molecule has 1 fully saturated rings. The molecule has 1 amide bonds. The molecule has 0 aromatic heterocycles. The molecule has 0 atom stereocenters. The Balaban J connectivity index is 2.24. The SMILES string of the molecule is COC(=O)C1CCN(c2cc(Br)cc(F)c2C(N)=O)CC1. The molecule has 1 aromatic rings. The molecule has 0 saturated carbocycles. The second-order valence-electron chi connectivity index (χ2n) is 4.93. The Morgan fingerprint density at radius 2 is 2.00 bits per heavy atom. The largest absolute Gasteiger partial charge is 0.469 e. The number of halogens is 2. The number of hydrogen-bond acceptors (Lipinski definition) is 4. The summed E-state index contributed by atoms with van der Waals surface area (Å²) in [4.78, 5) is 24.9. The van der Waals surface area contributed by atoms with Gasteiger partial charge in [-0.15, -0.1) is 0 Å². The van der Waals surface area contributed by atoms with E-state index in [1.807, 2.05) is 4.90 Å². The quantitative estimate of drug-likeness (QED) is 0.839. The first-order chi connectivity index (χ1) is 9.93. The summed E-state index contributed by atoms with van der Waals surface area (Å²) in [6.07, 6.45) is 1.19. The molecular formula is C14H16BrFN2O3. The van der Waals surface area contributed by atoms with Crippen LogP contribution >= 0.6 is 15.9 Å². The topological polar surface area (TPSA) is 72.6 Å². The molecule has 7 heteroatoms. The highest BCUT2D eigenvalue weighted by Gasteiger charge is 2.28. The molecule has 1 heterocycles. The normalized spacial score (nSPS) is 15.9. The fourth-order valence-electron chi connectivity index (χ4n) is 2.58. The van der Waals surface area contributed by atoms with Crippen LogP contribution in [-0.2, 0) is 9.53 Å². The molecule has 1 aliphatic rings. The third-order valence-electron chi connectivity index (χ3n) is 3.65. The van der Waals surface area contributed by atoms with E-state index in [9.17, 15) is 14.0 Å². The van der Waals surface area contributed by atoms with Crippen LogP contribution in [0.5, 0.6) is 0 Å². The van der Waals surface area contributed by atoms with Gasteiger partial charge in [0.25, 0.3) is 5.91 Å². The number of hydrogen-bond donors (Lipinski definition) is 1. The van der Waals surface area contributed by atoms with Crippen molar-refractivity contribution in [1.82, 2.24) is 0 Å². The van der Waals surface area contributed by atoms with E-state index in [1.54, 1.807) is 6.07 Å². The van der Waals surface area contributed by atoms with E-state index in [1.165, 1.54) is 13.2 Å². The Bertz CT molecular complexity index is 572. The van der Waals surface area contributed by atoms with Crippen molar-refractivity contribution < 1.29 is 18.7 Å². The van der Waals surface area contributed by atoms with Crippen molar-refractivity contribution in [1.29, 1.82) is 0 Å². The number of methoxy groups -OCH3 is 1.